The van der Waals surface area contributed by atoms with Crippen molar-refractivity contribution < 1.29 is 0 Å². The predicted octanol–water partition coefficient (Wildman–Crippen LogP) is 2.92. The second-order valence-corrected chi connectivity index (χ2v) is 7.39. The molecule has 2 saturated heterocycles. The van der Waals surface area contributed by atoms with Gasteiger partial charge in [-0.15, -0.1) is 0 Å². The topological polar surface area (TPSA) is 39.4 Å². The lowest BCUT2D eigenvalue weighted by molar-refractivity contribution is 0.181. The Morgan fingerprint density at radius 2 is 2.24 bits per heavy atom. The maximum atomic E-state index is 9.29. The number of hydrogen-bond acceptors (Lipinski definition) is 3. The third-order valence-electron chi connectivity index (χ3n) is 6.44. The number of allylic oxidation sites excluding steroid dienone is 2. The Kier molecular flexibility index (Phi) is 2.49. The molecule has 1 saturated carbocycles. The summed E-state index contributed by atoms with van der Waals surface area (Å²) in [4.78, 5) is 7.70. The van der Waals surface area contributed by atoms with Gasteiger partial charge in [-0.1, -0.05) is 6.08 Å². The summed E-state index contributed by atoms with van der Waals surface area (Å²) in [5, 5.41) is 9.29. The van der Waals surface area contributed by atoms with Gasteiger partial charge in [0, 0.05) is 36.7 Å². The van der Waals surface area contributed by atoms with Gasteiger partial charge < -0.3 is 0 Å². The maximum Gasteiger partial charge on any atom is 0.0656 e. The van der Waals surface area contributed by atoms with Gasteiger partial charge in [0.2, 0.25) is 0 Å². The second-order valence-electron chi connectivity index (χ2n) is 7.39. The fourth-order valence-corrected chi connectivity index (χ4v) is 5.67. The van der Waals surface area contributed by atoms with Gasteiger partial charge in [-0.3, -0.25) is 9.89 Å². The number of nitriles is 1. The molecule has 3 heterocycles. The SMILES string of the molecule is N#CC1CC2CN3CCC4=NC5=C(CCC=C5)C4C3C2C1. The summed E-state index contributed by atoms with van der Waals surface area (Å²) in [5.74, 6) is 2.41. The molecule has 0 radical (unpaired) electrons. The molecule has 0 N–H and O–H groups in total. The zero-order chi connectivity index (χ0) is 14.0. The molecule has 0 bridgehead atoms. The van der Waals surface area contributed by atoms with Crippen molar-refractivity contribution >= 4 is 5.71 Å². The fourth-order valence-electron chi connectivity index (χ4n) is 5.67. The lowest BCUT2D eigenvalue weighted by Crippen LogP contribution is -2.48. The van der Waals surface area contributed by atoms with Gasteiger partial charge in [-0.05, 0) is 55.6 Å². The van der Waals surface area contributed by atoms with E-state index in [1.54, 1.807) is 5.57 Å². The van der Waals surface area contributed by atoms with Gasteiger partial charge in [-0.25, -0.2) is 0 Å². The summed E-state index contributed by atoms with van der Waals surface area (Å²) >= 11 is 0. The van der Waals surface area contributed by atoms with E-state index in [1.165, 1.54) is 37.3 Å². The van der Waals surface area contributed by atoms with E-state index in [0.29, 0.717) is 17.9 Å². The van der Waals surface area contributed by atoms with Crippen LogP contribution in [0.3, 0.4) is 0 Å². The quantitative estimate of drug-likeness (QED) is 0.684. The van der Waals surface area contributed by atoms with Crippen molar-refractivity contribution in [2.45, 2.75) is 38.1 Å². The Morgan fingerprint density at radius 1 is 1.29 bits per heavy atom. The van der Waals surface area contributed by atoms with Crippen molar-refractivity contribution in [3.05, 3.63) is 23.4 Å². The van der Waals surface area contributed by atoms with Crippen molar-refractivity contribution in [2.75, 3.05) is 13.1 Å². The van der Waals surface area contributed by atoms with E-state index >= 15 is 0 Å². The first-order valence-electron chi connectivity index (χ1n) is 8.46. The molecular weight excluding hydrogens is 258 g/mol. The normalized spacial score (nSPS) is 44.0. The van der Waals surface area contributed by atoms with Gasteiger partial charge in [0.25, 0.3) is 0 Å². The second kappa shape index (κ2) is 4.30. The highest BCUT2D eigenvalue weighted by Gasteiger charge is 2.54. The largest absolute Gasteiger partial charge is 0.298 e. The Bertz CT molecular complexity index is 621. The average Bonchev–Trinajstić information content (AvgIpc) is 3.15. The van der Waals surface area contributed by atoms with E-state index < -0.39 is 0 Å². The van der Waals surface area contributed by atoms with Crippen molar-refractivity contribution in [2.24, 2.45) is 28.7 Å². The number of nitrogens with zero attached hydrogens (tertiary/aromatic N) is 3. The standard InChI is InChI=1S/C18H21N3/c19-9-11-7-12-10-21-6-5-16-17(18(21)14(12)8-11)13-3-1-2-4-15(13)20-16/h2,4,11-12,14,17-18H,1,3,5-8,10H2. The summed E-state index contributed by atoms with van der Waals surface area (Å²) in [5.41, 5.74) is 4.35. The highest BCUT2D eigenvalue weighted by atomic mass is 15.2. The monoisotopic (exact) mass is 279 g/mol. The molecule has 0 amide bonds. The molecule has 2 aliphatic carbocycles. The minimum Gasteiger partial charge on any atom is -0.298 e. The molecule has 5 atom stereocenters. The zero-order valence-corrected chi connectivity index (χ0v) is 12.3. The predicted molar refractivity (Wildman–Crippen MR) is 81.6 cm³/mol. The van der Waals surface area contributed by atoms with Crippen LogP contribution in [0.15, 0.2) is 28.4 Å². The molecule has 3 aliphatic heterocycles. The van der Waals surface area contributed by atoms with Crippen molar-refractivity contribution in [3.63, 3.8) is 0 Å². The van der Waals surface area contributed by atoms with Crippen LogP contribution in [-0.4, -0.2) is 29.7 Å². The van der Waals surface area contributed by atoms with E-state index in [4.69, 9.17) is 4.99 Å². The summed E-state index contributed by atoms with van der Waals surface area (Å²) in [6.45, 7) is 2.42. The Labute approximate surface area is 126 Å². The molecule has 108 valence electrons. The summed E-state index contributed by atoms with van der Waals surface area (Å²) < 4.78 is 0. The van der Waals surface area contributed by atoms with Crippen LogP contribution in [0.25, 0.3) is 0 Å². The van der Waals surface area contributed by atoms with Crippen LogP contribution in [0.4, 0.5) is 0 Å². The first-order chi connectivity index (χ1) is 10.3. The highest BCUT2D eigenvalue weighted by Crippen LogP contribution is 2.52. The molecule has 3 heteroatoms. The van der Waals surface area contributed by atoms with Crippen LogP contribution in [0.2, 0.25) is 0 Å². The minimum atomic E-state index is 0.311. The van der Waals surface area contributed by atoms with Crippen molar-refractivity contribution in [3.8, 4) is 6.07 Å². The Hall–Kier alpha value is -1.40. The molecule has 0 aromatic carbocycles. The highest BCUT2D eigenvalue weighted by molar-refractivity contribution is 5.95. The third kappa shape index (κ3) is 1.60. The number of piperidine rings is 1. The van der Waals surface area contributed by atoms with E-state index in [9.17, 15) is 5.26 Å². The number of rotatable bonds is 0. The molecule has 3 nitrogen and oxygen atoms in total. The van der Waals surface area contributed by atoms with Gasteiger partial charge in [0.15, 0.2) is 0 Å². The van der Waals surface area contributed by atoms with Gasteiger partial charge in [0.05, 0.1) is 11.8 Å². The summed E-state index contributed by atoms with van der Waals surface area (Å²) in [6, 6.07) is 3.18. The Balaban J connectivity index is 1.52. The fraction of sp³-hybridized carbons (Fsp3) is 0.667. The average molecular weight is 279 g/mol. The summed E-state index contributed by atoms with van der Waals surface area (Å²) in [6.07, 6.45) is 10.3. The smallest absolute Gasteiger partial charge is 0.0656 e. The number of fused-ring (bicyclic) bond motifs is 6. The first kappa shape index (κ1) is 12.2. The van der Waals surface area contributed by atoms with E-state index in [1.807, 2.05) is 0 Å². The van der Waals surface area contributed by atoms with Crippen LogP contribution < -0.4 is 0 Å². The molecule has 5 aliphatic rings. The van der Waals surface area contributed by atoms with Crippen LogP contribution in [0.5, 0.6) is 0 Å². The van der Waals surface area contributed by atoms with Crippen LogP contribution >= 0.6 is 0 Å². The van der Waals surface area contributed by atoms with Gasteiger partial charge >= 0.3 is 0 Å². The molecule has 3 fully saturated rings. The molecule has 0 spiro atoms. The van der Waals surface area contributed by atoms with Crippen molar-refractivity contribution in [1.29, 1.82) is 5.26 Å². The third-order valence-corrected chi connectivity index (χ3v) is 6.44. The lowest BCUT2D eigenvalue weighted by atomic mass is 9.75. The van der Waals surface area contributed by atoms with Crippen LogP contribution in [-0.2, 0) is 0 Å². The number of hydrogen-bond donors (Lipinski definition) is 0. The van der Waals surface area contributed by atoms with Crippen molar-refractivity contribution in [1.82, 2.24) is 4.90 Å². The molecule has 5 unspecified atom stereocenters. The van der Waals surface area contributed by atoms with Gasteiger partial charge in [-0.2, -0.15) is 5.26 Å². The molecule has 5 rings (SSSR count). The minimum absolute atomic E-state index is 0.311. The molecule has 0 aromatic heterocycles. The van der Waals surface area contributed by atoms with E-state index in [2.05, 4.69) is 23.1 Å². The number of aliphatic imine (C=N–C) groups is 1. The van der Waals surface area contributed by atoms with E-state index in [0.717, 1.165) is 31.1 Å². The Morgan fingerprint density at radius 3 is 3.14 bits per heavy atom. The van der Waals surface area contributed by atoms with Crippen LogP contribution in [0.1, 0.15) is 32.1 Å². The maximum absolute atomic E-state index is 9.29. The lowest BCUT2D eigenvalue weighted by Gasteiger charge is -2.39. The first-order valence-corrected chi connectivity index (χ1v) is 8.46. The molecular formula is C18H21N3. The zero-order valence-electron chi connectivity index (χ0n) is 12.3. The van der Waals surface area contributed by atoms with E-state index in [-0.39, 0.29) is 0 Å². The molecule has 0 aromatic rings. The van der Waals surface area contributed by atoms with Crippen LogP contribution in [0, 0.1) is 35.0 Å². The molecule has 21 heavy (non-hydrogen) atoms. The van der Waals surface area contributed by atoms with Gasteiger partial charge in [0.1, 0.15) is 0 Å². The summed E-state index contributed by atoms with van der Waals surface area (Å²) in [7, 11) is 0.